The molecule has 12 heteroatoms. The lowest BCUT2D eigenvalue weighted by molar-refractivity contribution is -0.253. The molecule has 0 saturated heterocycles. The maximum Gasteiger partial charge on any atom is 0.461 e. The molecule has 2 rings (SSSR count). The lowest BCUT2D eigenvalue weighted by atomic mass is 9.88. The summed E-state index contributed by atoms with van der Waals surface area (Å²) in [5.41, 5.74) is -2.56. The van der Waals surface area contributed by atoms with Gasteiger partial charge in [0.15, 0.2) is 0 Å². The second kappa shape index (κ2) is 9.16. The van der Waals surface area contributed by atoms with E-state index < -0.39 is 45.7 Å². The molecule has 5 nitrogen and oxygen atoms in total. The second-order valence-electron chi connectivity index (χ2n) is 7.35. The molecular weight excluding hydrogens is 465 g/mol. The molecule has 0 aliphatic carbocycles. The van der Waals surface area contributed by atoms with Crippen LogP contribution in [0.25, 0.3) is 0 Å². The first kappa shape index (κ1) is 25.1. The highest BCUT2D eigenvalue weighted by Crippen LogP contribution is 2.36. The molecule has 0 saturated carbocycles. The number of halogens is 6. The van der Waals surface area contributed by atoms with Crippen LogP contribution < -0.4 is 9.46 Å². The number of pyridine rings is 1. The van der Waals surface area contributed by atoms with Crippen molar-refractivity contribution in [3.8, 4) is 11.8 Å². The van der Waals surface area contributed by atoms with E-state index >= 15 is 0 Å². The summed E-state index contributed by atoms with van der Waals surface area (Å²) in [5.74, 6) is -2.12. The van der Waals surface area contributed by atoms with Crippen LogP contribution in [0, 0.1) is 17.1 Å². The van der Waals surface area contributed by atoms with Gasteiger partial charge < -0.3 is 9.29 Å². The minimum Gasteiger partial charge on any atom is -0.598 e. The second-order valence-corrected chi connectivity index (χ2v) is 9.75. The third kappa shape index (κ3) is 5.77. The van der Waals surface area contributed by atoms with Crippen LogP contribution >= 0.6 is 11.6 Å². The fourth-order valence-corrected chi connectivity index (χ4v) is 3.30. The molecule has 0 spiro atoms. The van der Waals surface area contributed by atoms with Crippen molar-refractivity contribution in [1.29, 1.82) is 5.26 Å². The van der Waals surface area contributed by atoms with Gasteiger partial charge in [-0.1, -0.05) is 11.6 Å². The van der Waals surface area contributed by atoms with E-state index in [4.69, 9.17) is 11.6 Å². The molecule has 0 fully saturated rings. The van der Waals surface area contributed by atoms with E-state index in [0.717, 1.165) is 12.1 Å². The van der Waals surface area contributed by atoms with Gasteiger partial charge in [-0.25, -0.2) is 4.39 Å². The average molecular weight is 482 g/mol. The van der Waals surface area contributed by atoms with Crippen LogP contribution in [-0.4, -0.2) is 26.8 Å². The van der Waals surface area contributed by atoms with Crippen LogP contribution in [0.2, 0.25) is 5.02 Å². The highest BCUT2D eigenvalue weighted by Gasteiger charge is 2.46. The normalized spacial score (nSPS) is 15.3. The van der Waals surface area contributed by atoms with Gasteiger partial charge in [-0.3, -0.25) is 4.98 Å². The van der Waals surface area contributed by atoms with Crippen LogP contribution in [0.1, 0.15) is 32.0 Å². The van der Waals surface area contributed by atoms with E-state index in [9.17, 15) is 31.8 Å². The van der Waals surface area contributed by atoms with E-state index in [1.54, 1.807) is 20.8 Å². The molecule has 1 heterocycles. The van der Waals surface area contributed by atoms with E-state index in [1.165, 1.54) is 18.3 Å². The highest BCUT2D eigenvalue weighted by atomic mass is 35.5. The third-order valence-electron chi connectivity index (χ3n) is 3.89. The number of hydrogen-bond acceptors (Lipinski definition) is 5. The van der Waals surface area contributed by atoms with Gasteiger partial charge in [-0.2, -0.15) is 22.8 Å². The summed E-state index contributed by atoms with van der Waals surface area (Å²) in [4.78, 5) is 4.01. The molecule has 0 aliphatic rings. The predicted molar refractivity (Wildman–Crippen MR) is 105 cm³/mol. The van der Waals surface area contributed by atoms with E-state index in [0.29, 0.717) is 6.07 Å². The minimum atomic E-state index is -4.90. The predicted octanol–water partition coefficient (Wildman–Crippen LogP) is 4.93. The van der Waals surface area contributed by atoms with Crippen LogP contribution in [-0.2, 0) is 16.9 Å². The molecule has 168 valence electrons. The monoisotopic (exact) mass is 481 g/mol. The van der Waals surface area contributed by atoms with Crippen molar-refractivity contribution >= 4 is 23.0 Å². The van der Waals surface area contributed by atoms with Crippen molar-refractivity contribution in [1.82, 2.24) is 9.71 Å². The quantitative estimate of drug-likeness (QED) is 0.448. The molecule has 1 unspecified atom stereocenters. The molecule has 1 aromatic carbocycles. The number of nitrogens with zero attached hydrogens (tertiary/aromatic N) is 2. The van der Waals surface area contributed by atoms with Gasteiger partial charge in [0, 0.05) is 29.2 Å². The van der Waals surface area contributed by atoms with Crippen LogP contribution in [0.5, 0.6) is 5.75 Å². The lowest BCUT2D eigenvalue weighted by Gasteiger charge is -2.33. The average Bonchev–Trinajstić information content (AvgIpc) is 2.65. The van der Waals surface area contributed by atoms with Crippen LogP contribution in [0.4, 0.5) is 22.0 Å². The summed E-state index contributed by atoms with van der Waals surface area (Å²) in [6, 6.07) is 6.51. The lowest BCUT2D eigenvalue weighted by Crippen LogP contribution is -2.51. The molecule has 0 aliphatic heterocycles. The first-order valence-corrected chi connectivity index (χ1v) is 10.1. The zero-order valence-corrected chi connectivity index (χ0v) is 18.0. The standard InChI is InChI=1S/C19H17ClF5N3O2S/c1-17(2,3)31(29)28-18(10-26,15-5-4-12(20)9-27-15)11-6-13(21)8-14(7-11)30-19(24,25)16(22)23/h4-9,16,28H,1-3H3/t18-,31?/m0/s1. The summed E-state index contributed by atoms with van der Waals surface area (Å²) in [7, 11) is 0. The van der Waals surface area contributed by atoms with E-state index in [1.807, 2.05) is 6.07 Å². The van der Waals surface area contributed by atoms with Crippen molar-refractivity contribution in [2.75, 3.05) is 0 Å². The molecule has 31 heavy (non-hydrogen) atoms. The largest absolute Gasteiger partial charge is 0.598 e. The van der Waals surface area contributed by atoms with E-state index in [2.05, 4.69) is 14.4 Å². The van der Waals surface area contributed by atoms with Crippen molar-refractivity contribution in [3.63, 3.8) is 0 Å². The number of nitriles is 1. The fraction of sp³-hybridized carbons (Fsp3) is 0.368. The number of rotatable bonds is 7. The molecule has 1 aromatic heterocycles. The number of ether oxygens (including phenoxy) is 1. The van der Waals surface area contributed by atoms with Gasteiger partial charge in [0.2, 0.25) is 5.54 Å². The maximum absolute atomic E-state index is 14.3. The van der Waals surface area contributed by atoms with Gasteiger partial charge in [-0.05, 0) is 45.0 Å². The summed E-state index contributed by atoms with van der Waals surface area (Å²) < 4.78 is 84.4. The van der Waals surface area contributed by atoms with Gasteiger partial charge in [0.05, 0.1) is 10.7 Å². The zero-order valence-electron chi connectivity index (χ0n) is 16.4. The first-order valence-electron chi connectivity index (χ1n) is 8.60. The van der Waals surface area contributed by atoms with E-state index in [-0.39, 0.29) is 16.3 Å². The minimum absolute atomic E-state index is 0.0887. The Balaban J connectivity index is 2.69. The molecular formula is C19H17ClF5N3O2S. The summed E-state index contributed by atoms with van der Waals surface area (Å²) in [6.07, 6.45) is -7.91. The topological polar surface area (TPSA) is 81.0 Å². The Morgan fingerprint density at radius 1 is 1.23 bits per heavy atom. The van der Waals surface area contributed by atoms with Gasteiger partial charge in [0.1, 0.15) is 22.4 Å². The third-order valence-corrected chi connectivity index (χ3v) is 5.72. The number of nitrogens with one attached hydrogen (secondary N) is 1. The van der Waals surface area contributed by atoms with Gasteiger partial charge in [0.25, 0.3) is 0 Å². The van der Waals surface area contributed by atoms with Crippen molar-refractivity contribution in [2.45, 2.75) is 43.6 Å². The van der Waals surface area contributed by atoms with Crippen LogP contribution in [0.15, 0.2) is 36.5 Å². The van der Waals surface area contributed by atoms with Crippen molar-refractivity contribution in [2.24, 2.45) is 0 Å². The SMILES string of the molecule is CC(C)(C)[S+]([O-])N[C@@](C#N)(c1cc(F)cc(OC(F)(F)C(F)F)c1)c1ccc(Cl)cn1. The fourth-order valence-electron chi connectivity index (χ4n) is 2.33. The molecule has 1 N–H and O–H groups in total. The summed E-state index contributed by atoms with van der Waals surface area (Å²) in [6.45, 7) is 4.78. The Bertz CT molecular complexity index is 966. The zero-order chi connectivity index (χ0) is 23.6. The van der Waals surface area contributed by atoms with Gasteiger partial charge >= 0.3 is 12.5 Å². The Morgan fingerprint density at radius 3 is 2.35 bits per heavy atom. The smallest absolute Gasteiger partial charge is 0.461 e. The first-order chi connectivity index (χ1) is 14.2. The Kier molecular flexibility index (Phi) is 7.43. The maximum atomic E-state index is 14.3. The Hall–Kier alpha value is -2.13. The number of hydrogen-bond donors (Lipinski definition) is 1. The van der Waals surface area contributed by atoms with Gasteiger partial charge in [-0.15, -0.1) is 4.72 Å². The summed E-state index contributed by atoms with van der Waals surface area (Å²) >= 11 is 3.89. The summed E-state index contributed by atoms with van der Waals surface area (Å²) in [5, 5.41) is 10.2. The Labute approximate surface area is 183 Å². The Morgan fingerprint density at radius 2 is 1.87 bits per heavy atom. The molecule has 2 aromatic rings. The molecule has 0 amide bonds. The molecule has 0 radical (unpaired) electrons. The number of benzene rings is 1. The number of alkyl halides is 4. The van der Waals surface area contributed by atoms with Crippen molar-refractivity contribution in [3.05, 3.63) is 58.6 Å². The highest BCUT2D eigenvalue weighted by molar-refractivity contribution is 7.90. The molecule has 0 bridgehead atoms. The van der Waals surface area contributed by atoms with Crippen LogP contribution in [0.3, 0.4) is 0 Å². The number of aromatic nitrogens is 1. The van der Waals surface area contributed by atoms with Crippen molar-refractivity contribution < 1.29 is 31.2 Å². The molecule has 2 atom stereocenters.